The van der Waals surface area contributed by atoms with Crippen LogP contribution in [0.5, 0.6) is 5.75 Å². The van der Waals surface area contributed by atoms with E-state index in [0.717, 1.165) is 37.3 Å². The molecule has 1 fully saturated rings. The van der Waals surface area contributed by atoms with Gasteiger partial charge in [0.2, 0.25) is 5.91 Å². The molecule has 2 rings (SSSR count). The Kier molecular flexibility index (Phi) is 7.20. The average Bonchev–Trinajstić information content (AvgIpc) is 3.04. The Balaban J connectivity index is 1.68. The van der Waals surface area contributed by atoms with Crippen molar-refractivity contribution in [2.24, 2.45) is 5.92 Å². The Hall–Kier alpha value is -1.75. The molecule has 1 aliphatic heterocycles. The van der Waals surface area contributed by atoms with Crippen LogP contribution in [0.4, 0.5) is 5.69 Å². The van der Waals surface area contributed by atoms with E-state index in [9.17, 15) is 4.79 Å². The van der Waals surface area contributed by atoms with Crippen molar-refractivity contribution in [3.05, 3.63) is 24.3 Å². The Bertz CT molecular complexity index is 485. The number of hydrogen-bond donors (Lipinski definition) is 2. The van der Waals surface area contributed by atoms with E-state index in [-0.39, 0.29) is 18.6 Å². The molecule has 1 aromatic rings. The summed E-state index contributed by atoms with van der Waals surface area (Å²) in [6.07, 6.45) is 3.33. The molecule has 0 radical (unpaired) electrons. The summed E-state index contributed by atoms with van der Waals surface area (Å²) in [5.74, 6) is 1.44. The first kappa shape index (κ1) is 17.6. The van der Waals surface area contributed by atoms with Gasteiger partial charge in [-0.1, -0.05) is 19.9 Å². The van der Waals surface area contributed by atoms with Gasteiger partial charge in [0.25, 0.3) is 0 Å². The van der Waals surface area contributed by atoms with Gasteiger partial charge in [-0.3, -0.25) is 4.79 Å². The Morgan fingerprint density at radius 2 is 2.30 bits per heavy atom. The molecule has 1 aromatic carbocycles. The summed E-state index contributed by atoms with van der Waals surface area (Å²) in [6, 6.07) is 7.72. The molecule has 0 aliphatic carbocycles. The van der Waals surface area contributed by atoms with Crippen LogP contribution in [0.15, 0.2) is 24.3 Å². The number of benzene rings is 1. The van der Waals surface area contributed by atoms with Gasteiger partial charge in [-0.05, 0) is 37.3 Å². The van der Waals surface area contributed by atoms with Crippen molar-refractivity contribution in [3.8, 4) is 5.75 Å². The topological polar surface area (TPSA) is 59.6 Å². The standard InChI is InChI=1S/C18H28N2O3/c1-14(2)8-10-23-16-6-3-5-15(11-16)19-13-18(21)20-12-17-7-4-9-22-17/h3,5-6,11,14,17,19H,4,7-10,12-13H2,1-2H3,(H,20,21). The molecular weight excluding hydrogens is 292 g/mol. The van der Waals surface area contributed by atoms with E-state index in [1.807, 2.05) is 24.3 Å². The van der Waals surface area contributed by atoms with Crippen molar-refractivity contribution in [1.82, 2.24) is 5.32 Å². The third-order valence-corrected chi connectivity index (χ3v) is 3.80. The minimum Gasteiger partial charge on any atom is -0.494 e. The Morgan fingerprint density at radius 1 is 1.43 bits per heavy atom. The summed E-state index contributed by atoms with van der Waals surface area (Å²) < 4.78 is 11.2. The van der Waals surface area contributed by atoms with E-state index >= 15 is 0 Å². The zero-order valence-corrected chi connectivity index (χ0v) is 14.1. The first-order chi connectivity index (χ1) is 11.1. The van der Waals surface area contributed by atoms with Gasteiger partial charge in [0, 0.05) is 24.9 Å². The third kappa shape index (κ3) is 6.91. The molecule has 1 saturated heterocycles. The fraction of sp³-hybridized carbons (Fsp3) is 0.611. The highest BCUT2D eigenvalue weighted by Crippen LogP contribution is 2.17. The van der Waals surface area contributed by atoms with Crippen LogP contribution < -0.4 is 15.4 Å². The van der Waals surface area contributed by atoms with E-state index < -0.39 is 0 Å². The molecule has 0 bridgehead atoms. The number of anilines is 1. The van der Waals surface area contributed by atoms with Gasteiger partial charge in [-0.25, -0.2) is 0 Å². The molecule has 0 spiro atoms. The molecule has 1 heterocycles. The van der Waals surface area contributed by atoms with Crippen LogP contribution in [0.2, 0.25) is 0 Å². The summed E-state index contributed by atoms with van der Waals surface area (Å²) in [6.45, 7) is 6.72. The van der Waals surface area contributed by atoms with E-state index in [2.05, 4.69) is 24.5 Å². The van der Waals surface area contributed by atoms with E-state index in [1.54, 1.807) is 0 Å². The molecule has 1 aliphatic rings. The average molecular weight is 320 g/mol. The van der Waals surface area contributed by atoms with Crippen LogP contribution in [-0.2, 0) is 9.53 Å². The lowest BCUT2D eigenvalue weighted by molar-refractivity contribution is -0.119. The van der Waals surface area contributed by atoms with Crippen LogP contribution in [-0.4, -0.2) is 38.3 Å². The second-order valence-electron chi connectivity index (χ2n) is 6.35. The number of carbonyl (C=O) groups excluding carboxylic acids is 1. The number of ether oxygens (including phenoxy) is 2. The van der Waals surface area contributed by atoms with Gasteiger partial charge in [0.15, 0.2) is 0 Å². The smallest absolute Gasteiger partial charge is 0.239 e. The molecule has 2 N–H and O–H groups in total. The first-order valence-electron chi connectivity index (χ1n) is 8.48. The van der Waals surface area contributed by atoms with Gasteiger partial charge in [0.05, 0.1) is 19.3 Å². The summed E-state index contributed by atoms with van der Waals surface area (Å²) in [4.78, 5) is 11.8. The molecular formula is C18H28N2O3. The maximum Gasteiger partial charge on any atom is 0.239 e. The highest BCUT2D eigenvalue weighted by molar-refractivity contribution is 5.80. The molecule has 128 valence electrons. The second kappa shape index (κ2) is 9.40. The number of rotatable bonds is 9. The number of amides is 1. The molecule has 1 amide bonds. The van der Waals surface area contributed by atoms with Crippen LogP contribution >= 0.6 is 0 Å². The predicted octanol–water partition coefficient (Wildman–Crippen LogP) is 2.82. The number of hydrogen-bond acceptors (Lipinski definition) is 4. The van der Waals surface area contributed by atoms with Crippen molar-refractivity contribution < 1.29 is 14.3 Å². The fourth-order valence-corrected chi connectivity index (χ4v) is 2.39. The van der Waals surface area contributed by atoms with E-state index in [4.69, 9.17) is 9.47 Å². The summed E-state index contributed by atoms with van der Waals surface area (Å²) >= 11 is 0. The van der Waals surface area contributed by atoms with Gasteiger partial charge in [-0.2, -0.15) is 0 Å². The van der Waals surface area contributed by atoms with E-state index in [1.165, 1.54) is 0 Å². The van der Waals surface area contributed by atoms with Gasteiger partial charge in [0.1, 0.15) is 5.75 Å². The Morgan fingerprint density at radius 3 is 3.04 bits per heavy atom. The van der Waals surface area contributed by atoms with Crippen molar-refractivity contribution in [3.63, 3.8) is 0 Å². The van der Waals surface area contributed by atoms with Crippen molar-refractivity contribution in [2.75, 3.05) is 31.6 Å². The first-order valence-corrected chi connectivity index (χ1v) is 8.48. The molecule has 5 nitrogen and oxygen atoms in total. The zero-order valence-electron chi connectivity index (χ0n) is 14.1. The lowest BCUT2D eigenvalue weighted by Crippen LogP contribution is -2.35. The molecule has 0 aromatic heterocycles. The quantitative estimate of drug-likeness (QED) is 0.734. The van der Waals surface area contributed by atoms with Gasteiger partial charge >= 0.3 is 0 Å². The molecule has 1 unspecified atom stereocenters. The molecule has 1 atom stereocenters. The maximum absolute atomic E-state index is 11.8. The van der Waals surface area contributed by atoms with Crippen LogP contribution in [0.25, 0.3) is 0 Å². The van der Waals surface area contributed by atoms with E-state index in [0.29, 0.717) is 19.1 Å². The molecule has 23 heavy (non-hydrogen) atoms. The maximum atomic E-state index is 11.8. The summed E-state index contributed by atoms with van der Waals surface area (Å²) in [5.41, 5.74) is 0.888. The van der Waals surface area contributed by atoms with Crippen molar-refractivity contribution in [2.45, 2.75) is 39.2 Å². The SMILES string of the molecule is CC(C)CCOc1cccc(NCC(=O)NCC2CCCO2)c1. The highest BCUT2D eigenvalue weighted by Gasteiger charge is 2.15. The summed E-state index contributed by atoms with van der Waals surface area (Å²) in [7, 11) is 0. The predicted molar refractivity (Wildman–Crippen MR) is 91.9 cm³/mol. The molecule has 0 saturated carbocycles. The molecule has 5 heteroatoms. The van der Waals surface area contributed by atoms with Crippen molar-refractivity contribution in [1.29, 1.82) is 0 Å². The normalized spacial score (nSPS) is 17.3. The zero-order chi connectivity index (χ0) is 16.5. The second-order valence-corrected chi connectivity index (χ2v) is 6.35. The van der Waals surface area contributed by atoms with Gasteiger partial charge in [-0.15, -0.1) is 0 Å². The monoisotopic (exact) mass is 320 g/mol. The van der Waals surface area contributed by atoms with Crippen LogP contribution in [0.3, 0.4) is 0 Å². The van der Waals surface area contributed by atoms with Crippen LogP contribution in [0.1, 0.15) is 33.1 Å². The third-order valence-electron chi connectivity index (χ3n) is 3.80. The highest BCUT2D eigenvalue weighted by atomic mass is 16.5. The number of nitrogens with one attached hydrogen (secondary N) is 2. The van der Waals surface area contributed by atoms with Gasteiger partial charge < -0.3 is 20.1 Å². The largest absolute Gasteiger partial charge is 0.494 e. The minimum absolute atomic E-state index is 0.0216. The van der Waals surface area contributed by atoms with Crippen molar-refractivity contribution >= 4 is 11.6 Å². The lowest BCUT2D eigenvalue weighted by Gasteiger charge is -2.12. The minimum atomic E-state index is -0.0216. The lowest BCUT2D eigenvalue weighted by atomic mass is 10.1. The fourth-order valence-electron chi connectivity index (χ4n) is 2.39. The van der Waals surface area contributed by atoms with Crippen LogP contribution in [0, 0.1) is 5.92 Å². The number of carbonyl (C=O) groups is 1. The Labute approximate surface area is 138 Å². The summed E-state index contributed by atoms with van der Waals surface area (Å²) in [5, 5.41) is 6.03.